The molecule has 0 spiro atoms. The summed E-state index contributed by atoms with van der Waals surface area (Å²) < 4.78 is 3.60. The van der Waals surface area contributed by atoms with Crippen molar-refractivity contribution < 1.29 is 13.3 Å². The maximum absolute atomic E-state index is 4.72. The van der Waals surface area contributed by atoms with Crippen molar-refractivity contribution in [1.82, 2.24) is 9.56 Å². The summed E-state index contributed by atoms with van der Waals surface area (Å²) in [5.74, 6) is 0. The van der Waals surface area contributed by atoms with Crippen LogP contribution in [0.1, 0.15) is 13.8 Å². The normalized spacial score (nSPS) is 10.5. The Balaban J connectivity index is 0.000000545. The molecule has 2 nitrogen and oxygen atoms in total. The molecular weight excluding hydrogens is 633 g/mol. The molecule has 1 aromatic carbocycles. The van der Waals surface area contributed by atoms with Crippen LogP contribution in [0.3, 0.4) is 0 Å². The fourth-order valence-corrected chi connectivity index (χ4v) is 3.35. The molecule has 1 aliphatic heterocycles. The number of hydrogen-bond donors (Lipinski definition) is 0. The van der Waals surface area contributed by atoms with Gasteiger partial charge in [0.15, 0.2) is 0 Å². The van der Waals surface area contributed by atoms with E-state index in [1.807, 2.05) is 17.4 Å². The zero-order valence-electron chi connectivity index (χ0n) is 12.4. The third kappa shape index (κ3) is 4.73. The molecule has 0 atom stereocenters. The van der Waals surface area contributed by atoms with Gasteiger partial charge in [-0.05, 0) is 32.0 Å². The fraction of sp³-hybridized carbons (Fsp3) is 0.250. The number of hydrogen-bond acceptors (Lipinski definition) is 2. The van der Waals surface area contributed by atoms with Gasteiger partial charge < -0.3 is 0 Å². The SMILES string of the molecule is CC[N+](CC)=c1ccc2nc3ccccc3sc-2c1.I[I-]I. The number of fused-ring (bicyclic) bond motifs is 2. The molecule has 1 heterocycles. The van der Waals surface area contributed by atoms with E-state index in [1.165, 1.54) is 14.9 Å². The zero-order valence-corrected chi connectivity index (χ0v) is 19.7. The maximum atomic E-state index is 4.72. The van der Waals surface area contributed by atoms with Crippen molar-refractivity contribution in [2.75, 3.05) is 13.1 Å². The third-order valence-corrected chi connectivity index (χ3v) is 4.51. The van der Waals surface area contributed by atoms with Gasteiger partial charge in [0.2, 0.25) is 5.36 Å². The van der Waals surface area contributed by atoms with Crippen LogP contribution >= 0.6 is 48.6 Å². The Morgan fingerprint density at radius 3 is 2.45 bits per heavy atom. The van der Waals surface area contributed by atoms with Crippen LogP contribution < -0.4 is 23.2 Å². The Hall–Kier alpha value is 0.450. The van der Waals surface area contributed by atoms with Crippen molar-refractivity contribution in [3.63, 3.8) is 0 Å². The first-order chi connectivity index (χ1) is 10.7. The van der Waals surface area contributed by atoms with Gasteiger partial charge in [0.1, 0.15) is 13.1 Å². The first kappa shape index (κ1) is 18.8. The van der Waals surface area contributed by atoms with E-state index in [0.29, 0.717) is 13.3 Å². The molecule has 0 unspecified atom stereocenters. The van der Waals surface area contributed by atoms with Crippen molar-refractivity contribution in [2.45, 2.75) is 13.8 Å². The van der Waals surface area contributed by atoms with Crippen LogP contribution in [0.5, 0.6) is 0 Å². The summed E-state index contributed by atoms with van der Waals surface area (Å²) in [7, 11) is 0. The average Bonchev–Trinajstić information content (AvgIpc) is 2.55. The average molecular weight is 650 g/mol. The summed E-state index contributed by atoms with van der Waals surface area (Å²) in [6.07, 6.45) is 0. The van der Waals surface area contributed by atoms with Gasteiger partial charge in [0.05, 0.1) is 20.8 Å². The van der Waals surface area contributed by atoms with Gasteiger partial charge in [-0.3, -0.25) is 0 Å². The van der Waals surface area contributed by atoms with Crippen molar-refractivity contribution in [3.05, 3.63) is 47.8 Å². The number of aromatic nitrogens is 1. The molecule has 1 aromatic rings. The Bertz CT molecular complexity index is 780. The van der Waals surface area contributed by atoms with Crippen LogP contribution in [0.4, 0.5) is 0 Å². The minimum atomic E-state index is 0.530. The number of para-hydroxylation sites is 1. The number of rotatable bonds is 2. The van der Waals surface area contributed by atoms with Gasteiger partial charge in [-0.1, -0.05) is 12.1 Å². The van der Waals surface area contributed by atoms with Crippen molar-refractivity contribution in [3.8, 4) is 10.6 Å². The molecule has 0 radical (unpaired) electrons. The predicted molar refractivity (Wildman–Crippen MR) is 111 cm³/mol. The minimum absolute atomic E-state index is 0.530. The molecule has 22 heavy (non-hydrogen) atoms. The molecule has 0 N–H and O–H groups in total. The van der Waals surface area contributed by atoms with Crippen LogP contribution in [0, 0.1) is 0 Å². The Labute approximate surface area is 165 Å². The standard InChI is InChI=1S/C16H17N2S.I3/c1-3-18(4-2)12-9-10-14-16(11-12)19-15-8-6-5-7-13(15)17-14;1-3-2/h5-11H,3-4H2,1-2H3;/q+1;-1. The van der Waals surface area contributed by atoms with Gasteiger partial charge in [-0.15, -0.1) is 11.3 Å². The summed E-state index contributed by atoms with van der Waals surface area (Å²) in [5.41, 5.74) is 2.16. The summed E-state index contributed by atoms with van der Waals surface area (Å²) in [6, 6.07) is 14.9. The molecule has 6 heteroatoms. The second kappa shape index (κ2) is 9.67. The van der Waals surface area contributed by atoms with E-state index in [0.717, 1.165) is 24.3 Å². The monoisotopic (exact) mass is 650 g/mol. The van der Waals surface area contributed by atoms with Crippen molar-refractivity contribution in [1.29, 1.82) is 0 Å². The van der Waals surface area contributed by atoms with Gasteiger partial charge >= 0.3 is 50.5 Å². The third-order valence-electron chi connectivity index (χ3n) is 3.40. The zero-order chi connectivity index (χ0) is 15.9. The van der Waals surface area contributed by atoms with E-state index in [1.54, 1.807) is 0 Å². The molecule has 2 aliphatic rings. The first-order valence-corrected chi connectivity index (χ1v) is 20.4. The van der Waals surface area contributed by atoms with E-state index < -0.39 is 0 Å². The van der Waals surface area contributed by atoms with E-state index in [9.17, 15) is 0 Å². The van der Waals surface area contributed by atoms with Gasteiger partial charge in [0, 0.05) is 12.1 Å². The number of nitrogens with zero attached hydrogens (tertiary/aromatic N) is 2. The van der Waals surface area contributed by atoms with Gasteiger partial charge in [-0.2, -0.15) is 0 Å². The predicted octanol–water partition coefficient (Wildman–Crippen LogP) is 1.99. The molecule has 0 amide bonds. The van der Waals surface area contributed by atoms with E-state index in [2.05, 4.69) is 92.1 Å². The van der Waals surface area contributed by atoms with Crippen LogP contribution in [-0.2, 0) is 0 Å². The molecular formula is C16H17I3N2S. The fourth-order valence-electron chi connectivity index (χ4n) is 2.35. The van der Waals surface area contributed by atoms with Crippen molar-refractivity contribution in [2.24, 2.45) is 0 Å². The summed E-state index contributed by atoms with van der Waals surface area (Å²) >= 11 is 7.11. The summed E-state index contributed by atoms with van der Waals surface area (Å²) in [5, 5.41) is 1.28. The van der Waals surface area contributed by atoms with Crippen molar-refractivity contribution >= 4 is 58.8 Å². The molecule has 0 aromatic heterocycles. The Morgan fingerprint density at radius 1 is 1.09 bits per heavy atom. The molecule has 0 saturated heterocycles. The molecule has 3 rings (SSSR count). The van der Waals surface area contributed by atoms with Gasteiger partial charge in [-0.25, -0.2) is 9.56 Å². The molecule has 0 saturated carbocycles. The van der Waals surface area contributed by atoms with Crippen LogP contribution in [-0.4, -0.2) is 18.1 Å². The number of benzene rings is 2. The van der Waals surface area contributed by atoms with E-state index in [-0.39, 0.29) is 0 Å². The van der Waals surface area contributed by atoms with Crippen LogP contribution in [0.2, 0.25) is 0 Å². The van der Waals surface area contributed by atoms with Crippen LogP contribution in [0.15, 0.2) is 42.5 Å². The molecule has 118 valence electrons. The van der Waals surface area contributed by atoms with Crippen LogP contribution in [0.25, 0.3) is 20.8 Å². The first-order valence-electron chi connectivity index (χ1n) is 6.98. The molecule has 0 bridgehead atoms. The Morgan fingerprint density at radius 2 is 1.77 bits per heavy atom. The van der Waals surface area contributed by atoms with E-state index >= 15 is 0 Å². The second-order valence-corrected chi connectivity index (χ2v) is 21.9. The molecule has 1 aliphatic carbocycles. The van der Waals surface area contributed by atoms with E-state index in [4.69, 9.17) is 4.98 Å². The quantitative estimate of drug-likeness (QED) is 0.236. The second-order valence-electron chi connectivity index (χ2n) is 4.56. The molecule has 0 fully saturated rings. The summed E-state index contributed by atoms with van der Waals surface area (Å²) in [6.45, 7) is 6.45. The summed E-state index contributed by atoms with van der Waals surface area (Å²) in [4.78, 5) is 5.97. The number of halogens is 3. The van der Waals surface area contributed by atoms with Gasteiger partial charge in [0.25, 0.3) is 0 Å². The Kier molecular flexibility index (Phi) is 8.26. The topological polar surface area (TPSA) is 15.9 Å².